The zero-order chi connectivity index (χ0) is 11.4. The van der Waals surface area contributed by atoms with Crippen molar-refractivity contribution in [2.24, 2.45) is 0 Å². The van der Waals surface area contributed by atoms with Gasteiger partial charge in [-0.05, 0) is 30.7 Å². The highest BCUT2D eigenvalue weighted by Gasteiger charge is 2.12. The lowest BCUT2D eigenvalue weighted by molar-refractivity contribution is 0.396. The molecule has 94 valence electrons. The van der Waals surface area contributed by atoms with Crippen LogP contribution in [0, 0.1) is 0 Å². The highest BCUT2D eigenvalue weighted by Crippen LogP contribution is 2.21. The summed E-state index contributed by atoms with van der Waals surface area (Å²) in [5.74, 6) is 0. The molecular weight excluding hydrogens is 344 g/mol. The van der Waals surface area contributed by atoms with E-state index in [4.69, 9.17) is 0 Å². The molecule has 0 atom stereocenters. The fourth-order valence-corrected chi connectivity index (χ4v) is 2.04. The molecule has 0 bridgehead atoms. The van der Waals surface area contributed by atoms with Crippen molar-refractivity contribution < 1.29 is 0 Å². The number of anilines is 1. The van der Waals surface area contributed by atoms with E-state index in [1.165, 1.54) is 18.5 Å². The maximum Gasteiger partial charge on any atom is 0.0941 e. The Morgan fingerprint density at radius 2 is 1.88 bits per heavy atom. The average Bonchev–Trinajstić information content (AvgIpc) is 2.76. The van der Waals surface area contributed by atoms with Crippen molar-refractivity contribution in [3.63, 3.8) is 0 Å². The number of halogens is 2. The van der Waals surface area contributed by atoms with E-state index >= 15 is 0 Å². The van der Waals surface area contributed by atoms with Crippen LogP contribution < -0.4 is 4.90 Å². The summed E-state index contributed by atoms with van der Waals surface area (Å²) < 4.78 is 1.13. The molecule has 0 unspecified atom stereocenters. The van der Waals surface area contributed by atoms with Crippen LogP contribution in [-0.2, 0) is 0 Å². The van der Waals surface area contributed by atoms with E-state index in [1.807, 2.05) is 0 Å². The Bertz CT molecular complexity index is 362. The Balaban J connectivity index is 0.00000144. The second kappa shape index (κ2) is 7.07. The maximum atomic E-state index is 3.45. The van der Waals surface area contributed by atoms with Crippen LogP contribution in [0.5, 0.6) is 0 Å². The number of nitrogens with zero attached hydrogens (tertiary/aromatic N) is 2. The first-order chi connectivity index (χ1) is 7.79. The number of hydrogen-bond acceptors (Lipinski definition) is 2. The highest BCUT2D eigenvalue weighted by atomic mass is 79.9. The van der Waals surface area contributed by atoms with Crippen LogP contribution in [0.2, 0.25) is 0 Å². The summed E-state index contributed by atoms with van der Waals surface area (Å²) >= 11 is 3.45. The Hall–Kier alpha value is -0.480. The van der Waals surface area contributed by atoms with Crippen molar-refractivity contribution >= 4 is 38.6 Å². The lowest BCUT2D eigenvalue weighted by Crippen LogP contribution is -2.25. The molecule has 1 aliphatic rings. The molecule has 2 rings (SSSR count). The predicted molar refractivity (Wildman–Crippen MR) is 82.6 cm³/mol. The molecule has 0 radical (unpaired) electrons. The van der Waals surface area contributed by atoms with E-state index in [-0.39, 0.29) is 17.0 Å². The molecule has 4 heteroatoms. The third kappa shape index (κ3) is 4.03. The fraction of sp³-hybridized carbons (Fsp3) is 0.385. The van der Waals surface area contributed by atoms with Gasteiger partial charge in [0.2, 0.25) is 0 Å². The van der Waals surface area contributed by atoms with Crippen LogP contribution in [0.4, 0.5) is 5.69 Å². The molecule has 2 nitrogen and oxygen atoms in total. The van der Waals surface area contributed by atoms with Gasteiger partial charge in [-0.2, -0.15) is 0 Å². The monoisotopic (exact) mass is 360 g/mol. The number of hydrogen-bond donors (Lipinski definition) is 0. The van der Waals surface area contributed by atoms with Gasteiger partial charge in [-0.1, -0.05) is 29.3 Å². The second-order valence-corrected chi connectivity index (χ2v) is 4.97. The first kappa shape index (κ1) is 14.6. The van der Waals surface area contributed by atoms with Crippen molar-refractivity contribution in [1.29, 1.82) is 0 Å². The van der Waals surface area contributed by atoms with Gasteiger partial charge in [0.1, 0.15) is 0 Å². The van der Waals surface area contributed by atoms with Crippen LogP contribution in [0.1, 0.15) is 19.8 Å². The molecule has 1 aliphatic heterocycles. The summed E-state index contributed by atoms with van der Waals surface area (Å²) in [4.78, 5) is 4.62. The molecule has 1 aromatic rings. The van der Waals surface area contributed by atoms with E-state index in [1.54, 1.807) is 0 Å². The van der Waals surface area contributed by atoms with Gasteiger partial charge in [0.15, 0.2) is 0 Å². The molecule has 1 heterocycles. The molecule has 0 amide bonds. The standard InChI is InChI=1S/C13H17BrN2.BrH/c1-2-3-8-15-9-10-16(11-15)13-6-4-12(14)5-7-13;/h4-7,9-10H,2-3,8,11H2,1H3;1H. The van der Waals surface area contributed by atoms with Crippen molar-refractivity contribution in [2.45, 2.75) is 19.8 Å². The molecule has 17 heavy (non-hydrogen) atoms. The zero-order valence-corrected chi connectivity index (χ0v) is 13.3. The van der Waals surface area contributed by atoms with Crippen LogP contribution in [-0.4, -0.2) is 18.1 Å². The molecule has 1 aromatic carbocycles. The summed E-state index contributed by atoms with van der Waals surface area (Å²) in [6.07, 6.45) is 6.84. The lowest BCUT2D eigenvalue weighted by Gasteiger charge is -2.21. The summed E-state index contributed by atoms with van der Waals surface area (Å²) in [7, 11) is 0. The minimum atomic E-state index is 0. The van der Waals surface area contributed by atoms with Crippen molar-refractivity contribution in [2.75, 3.05) is 18.1 Å². The van der Waals surface area contributed by atoms with Gasteiger partial charge in [-0.15, -0.1) is 17.0 Å². The van der Waals surface area contributed by atoms with Gasteiger partial charge >= 0.3 is 0 Å². The van der Waals surface area contributed by atoms with Gasteiger partial charge < -0.3 is 9.80 Å². The molecule has 0 fully saturated rings. The van der Waals surface area contributed by atoms with Gasteiger partial charge in [-0.3, -0.25) is 0 Å². The van der Waals surface area contributed by atoms with Crippen molar-refractivity contribution in [3.8, 4) is 0 Å². The SMILES string of the molecule is Br.CCCCN1C=CN(c2ccc(Br)cc2)C1. The van der Waals surface area contributed by atoms with Crippen LogP contribution in [0.3, 0.4) is 0 Å². The zero-order valence-electron chi connectivity index (χ0n) is 9.97. The minimum Gasteiger partial charge on any atom is -0.358 e. The fourth-order valence-electron chi connectivity index (χ4n) is 1.77. The predicted octanol–water partition coefficient (Wildman–Crippen LogP) is 4.38. The third-order valence-electron chi connectivity index (χ3n) is 2.75. The average molecular weight is 362 g/mol. The summed E-state index contributed by atoms with van der Waals surface area (Å²) in [5.41, 5.74) is 1.25. The first-order valence-electron chi connectivity index (χ1n) is 5.74. The molecule has 0 aliphatic carbocycles. The third-order valence-corrected chi connectivity index (χ3v) is 3.28. The van der Waals surface area contributed by atoms with E-state index < -0.39 is 0 Å². The van der Waals surface area contributed by atoms with Crippen molar-refractivity contribution in [3.05, 3.63) is 41.1 Å². The topological polar surface area (TPSA) is 6.48 Å². The van der Waals surface area contributed by atoms with E-state index in [0.29, 0.717) is 0 Å². The van der Waals surface area contributed by atoms with E-state index in [0.717, 1.165) is 17.7 Å². The molecule has 0 spiro atoms. The van der Waals surface area contributed by atoms with Gasteiger partial charge in [0, 0.05) is 29.1 Å². The van der Waals surface area contributed by atoms with Crippen LogP contribution in [0.15, 0.2) is 41.1 Å². The summed E-state index contributed by atoms with van der Waals surface area (Å²) in [6, 6.07) is 8.44. The Morgan fingerprint density at radius 1 is 1.18 bits per heavy atom. The number of unbranched alkanes of at least 4 members (excludes halogenated alkanes) is 1. The van der Waals surface area contributed by atoms with Gasteiger partial charge in [-0.25, -0.2) is 0 Å². The largest absolute Gasteiger partial charge is 0.358 e. The van der Waals surface area contributed by atoms with E-state index in [2.05, 4.69) is 69.3 Å². The van der Waals surface area contributed by atoms with Gasteiger partial charge in [0.25, 0.3) is 0 Å². The normalized spacial score (nSPS) is 14.0. The summed E-state index contributed by atoms with van der Waals surface area (Å²) in [5, 5.41) is 0. The van der Waals surface area contributed by atoms with Gasteiger partial charge in [0.05, 0.1) is 6.67 Å². The van der Waals surface area contributed by atoms with E-state index in [9.17, 15) is 0 Å². The molecule has 0 saturated heterocycles. The molecular formula is C13H18Br2N2. The quantitative estimate of drug-likeness (QED) is 0.785. The Morgan fingerprint density at radius 3 is 2.53 bits per heavy atom. The number of rotatable bonds is 4. The molecule has 0 N–H and O–H groups in total. The first-order valence-corrected chi connectivity index (χ1v) is 6.53. The lowest BCUT2D eigenvalue weighted by atomic mass is 10.3. The van der Waals surface area contributed by atoms with Crippen LogP contribution >= 0.6 is 32.9 Å². The second-order valence-electron chi connectivity index (χ2n) is 4.05. The maximum absolute atomic E-state index is 3.45. The summed E-state index contributed by atoms with van der Waals surface area (Å²) in [6.45, 7) is 4.36. The van der Waals surface area contributed by atoms with Crippen LogP contribution in [0.25, 0.3) is 0 Å². The Kier molecular flexibility index (Phi) is 6.06. The highest BCUT2D eigenvalue weighted by molar-refractivity contribution is 9.10. The molecule has 0 saturated carbocycles. The molecule has 0 aromatic heterocycles. The Labute approximate surface area is 122 Å². The van der Waals surface area contributed by atoms with Crippen molar-refractivity contribution in [1.82, 2.24) is 4.90 Å². The smallest absolute Gasteiger partial charge is 0.0941 e. The minimum absolute atomic E-state index is 0. The number of benzene rings is 1.